The quantitative estimate of drug-likeness (QED) is 0.888. The third kappa shape index (κ3) is 3.48. The topological polar surface area (TPSA) is 45.2 Å². The lowest BCUT2D eigenvalue weighted by Crippen LogP contribution is -2.31. The monoisotopic (exact) mass is 291 g/mol. The van der Waals surface area contributed by atoms with Crippen LogP contribution in [-0.2, 0) is 4.79 Å². The van der Waals surface area contributed by atoms with Gasteiger partial charge in [0.05, 0.1) is 10.2 Å². The Morgan fingerprint density at radius 3 is 2.80 bits per heavy atom. The van der Waals surface area contributed by atoms with Crippen molar-refractivity contribution in [2.75, 3.05) is 25.0 Å². The number of thiazole rings is 1. The number of carbonyl (C=O) groups excluding carboxylic acids is 1. The van der Waals surface area contributed by atoms with Crippen LogP contribution in [0, 0.1) is 6.92 Å². The van der Waals surface area contributed by atoms with Gasteiger partial charge in [0.15, 0.2) is 5.13 Å². The minimum Gasteiger partial charge on any atom is -0.361 e. The number of fused-ring (bicyclic) bond motifs is 1. The lowest BCUT2D eigenvalue weighted by atomic mass is 10.2. The number of hydrogen-bond donors (Lipinski definition) is 1. The molecule has 0 spiro atoms. The first kappa shape index (κ1) is 14.8. The fourth-order valence-corrected chi connectivity index (χ4v) is 3.11. The third-order valence-corrected chi connectivity index (χ3v) is 4.25. The SMILES string of the molecule is CCN(CC)C(=O)CCNc1nc2ccc(C)cc2s1. The van der Waals surface area contributed by atoms with Gasteiger partial charge in [-0.1, -0.05) is 17.4 Å². The van der Waals surface area contributed by atoms with Crippen LogP contribution in [-0.4, -0.2) is 35.4 Å². The van der Waals surface area contributed by atoms with E-state index in [1.807, 2.05) is 24.8 Å². The predicted molar refractivity (Wildman–Crippen MR) is 85.4 cm³/mol. The van der Waals surface area contributed by atoms with Crippen LogP contribution in [0.15, 0.2) is 18.2 Å². The van der Waals surface area contributed by atoms with Gasteiger partial charge in [-0.2, -0.15) is 0 Å². The van der Waals surface area contributed by atoms with Crippen LogP contribution in [0.1, 0.15) is 25.8 Å². The molecule has 20 heavy (non-hydrogen) atoms. The predicted octanol–water partition coefficient (Wildman–Crippen LogP) is 3.28. The molecule has 0 atom stereocenters. The minimum atomic E-state index is 0.194. The Morgan fingerprint density at radius 1 is 1.35 bits per heavy atom. The molecule has 1 heterocycles. The fraction of sp³-hybridized carbons (Fsp3) is 0.467. The fourth-order valence-electron chi connectivity index (χ4n) is 2.12. The highest BCUT2D eigenvalue weighted by Gasteiger charge is 2.09. The normalized spacial score (nSPS) is 10.8. The van der Waals surface area contributed by atoms with E-state index in [0.717, 1.165) is 23.7 Å². The summed E-state index contributed by atoms with van der Waals surface area (Å²) in [7, 11) is 0. The highest BCUT2D eigenvalue weighted by Crippen LogP contribution is 2.26. The smallest absolute Gasteiger partial charge is 0.224 e. The lowest BCUT2D eigenvalue weighted by molar-refractivity contribution is -0.130. The van der Waals surface area contributed by atoms with Crippen LogP contribution < -0.4 is 5.32 Å². The van der Waals surface area contributed by atoms with E-state index >= 15 is 0 Å². The van der Waals surface area contributed by atoms with Crippen molar-refractivity contribution in [1.29, 1.82) is 0 Å². The molecule has 0 fully saturated rings. The zero-order valence-electron chi connectivity index (χ0n) is 12.3. The molecule has 0 aliphatic carbocycles. The van der Waals surface area contributed by atoms with Gasteiger partial charge in [-0.05, 0) is 38.5 Å². The van der Waals surface area contributed by atoms with Crippen LogP contribution >= 0.6 is 11.3 Å². The second-order valence-electron chi connectivity index (χ2n) is 4.73. The van der Waals surface area contributed by atoms with Crippen LogP contribution in [0.4, 0.5) is 5.13 Å². The molecule has 4 nitrogen and oxygen atoms in total. The number of carbonyl (C=O) groups is 1. The highest BCUT2D eigenvalue weighted by atomic mass is 32.1. The maximum atomic E-state index is 11.9. The Bertz CT molecular complexity index is 590. The van der Waals surface area contributed by atoms with Crippen molar-refractivity contribution in [3.05, 3.63) is 23.8 Å². The van der Waals surface area contributed by atoms with Crippen molar-refractivity contribution in [3.8, 4) is 0 Å². The molecule has 1 N–H and O–H groups in total. The summed E-state index contributed by atoms with van der Waals surface area (Å²) in [5.41, 5.74) is 2.25. The number of aryl methyl sites for hydroxylation is 1. The number of benzene rings is 1. The van der Waals surface area contributed by atoms with Gasteiger partial charge >= 0.3 is 0 Å². The Morgan fingerprint density at radius 2 is 2.10 bits per heavy atom. The number of nitrogens with one attached hydrogen (secondary N) is 1. The van der Waals surface area contributed by atoms with Crippen molar-refractivity contribution >= 4 is 32.6 Å². The zero-order chi connectivity index (χ0) is 14.5. The first-order valence-electron chi connectivity index (χ1n) is 7.03. The summed E-state index contributed by atoms with van der Waals surface area (Å²) >= 11 is 1.64. The van der Waals surface area contributed by atoms with Gasteiger partial charge in [0.2, 0.25) is 5.91 Å². The number of rotatable bonds is 6. The maximum Gasteiger partial charge on any atom is 0.224 e. The molecule has 0 aliphatic rings. The van der Waals surface area contributed by atoms with Crippen LogP contribution in [0.5, 0.6) is 0 Å². The van der Waals surface area contributed by atoms with Gasteiger partial charge in [0.1, 0.15) is 0 Å². The molecular formula is C15H21N3OS. The summed E-state index contributed by atoms with van der Waals surface area (Å²) in [6, 6.07) is 6.24. The molecule has 0 aliphatic heterocycles. The molecule has 0 radical (unpaired) electrons. The van der Waals surface area contributed by atoms with Crippen molar-refractivity contribution < 1.29 is 4.79 Å². The highest BCUT2D eigenvalue weighted by molar-refractivity contribution is 7.22. The number of hydrogen-bond acceptors (Lipinski definition) is 4. The lowest BCUT2D eigenvalue weighted by Gasteiger charge is -2.18. The number of anilines is 1. The van der Waals surface area contributed by atoms with Crippen molar-refractivity contribution in [2.24, 2.45) is 0 Å². The average molecular weight is 291 g/mol. The van der Waals surface area contributed by atoms with Gasteiger partial charge in [-0.25, -0.2) is 4.98 Å². The summed E-state index contributed by atoms with van der Waals surface area (Å²) < 4.78 is 1.18. The molecular weight excluding hydrogens is 270 g/mol. The van der Waals surface area contributed by atoms with E-state index in [4.69, 9.17) is 0 Å². The Balaban J connectivity index is 1.91. The standard InChI is InChI=1S/C15H21N3OS/c1-4-18(5-2)14(19)8-9-16-15-17-12-7-6-11(3)10-13(12)20-15/h6-7,10H,4-5,8-9H2,1-3H3,(H,16,17). The van der Waals surface area contributed by atoms with Gasteiger partial charge in [-0.3, -0.25) is 4.79 Å². The molecule has 1 amide bonds. The van der Waals surface area contributed by atoms with Crippen LogP contribution in [0.3, 0.4) is 0 Å². The molecule has 5 heteroatoms. The van der Waals surface area contributed by atoms with Gasteiger partial charge in [-0.15, -0.1) is 0 Å². The third-order valence-electron chi connectivity index (χ3n) is 3.28. The summed E-state index contributed by atoms with van der Waals surface area (Å²) in [5.74, 6) is 0.194. The molecule has 0 unspecified atom stereocenters. The van der Waals surface area contributed by atoms with Crippen molar-refractivity contribution in [2.45, 2.75) is 27.2 Å². The molecule has 2 aromatic rings. The van der Waals surface area contributed by atoms with E-state index in [1.165, 1.54) is 10.3 Å². The Labute approximate surface area is 123 Å². The van der Waals surface area contributed by atoms with Gasteiger partial charge in [0.25, 0.3) is 0 Å². The van der Waals surface area contributed by atoms with E-state index in [0.29, 0.717) is 13.0 Å². The molecule has 0 saturated carbocycles. The summed E-state index contributed by atoms with van der Waals surface area (Å²) in [5, 5.41) is 4.13. The van der Waals surface area contributed by atoms with Gasteiger partial charge < -0.3 is 10.2 Å². The van der Waals surface area contributed by atoms with Crippen LogP contribution in [0.25, 0.3) is 10.2 Å². The summed E-state index contributed by atoms with van der Waals surface area (Å²) in [6.45, 7) is 8.27. The van der Waals surface area contributed by atoms with E-state index < -0.39 is 0 Å². The van der Waals surface area contributed by atoms with E-state index in [2.05, 4.69) is 29.4 Å². The van der Waals surface area contributed by atoms with Crippen molar-refractivity contribution in [3.63, 3.8) is 0 Å². The Hall–Kier alpha value is -1.62. The molecule has 1 aromatic carbocycles. The second kappa shape index (κ2) is 6.70. The molecule has 1 aromatic heterocycles. The summed E-state index contributed by atoms with van der Waals surface area (Å²) in [4.78, 5) is 18.3. The molecule has 108 valence electrons. The maximum absolute atomic E-state index is 11.9. The van der Waals surface area contributed by atoms with Gasteiger partial charge in [0, 0.05) is 26.1 Å². The molecule has 0 bridgehead atoms. The Kier molecular flexibility index (Phi) is 4.95. The largest absolute Gasteiger partial charge is 0.361 e. The number of nitrogens with zero attached hydrogens (tertiary/aromatic N) is 2. The summed E-state index contributed by atoms with van der Waals surface area (Å²) in [6.07, 6.45) is 0.511. The zero-order valence-corrected chi connectivity index (χ0v) is 13.1. The molecule has 0 saturated heterocycles. The van der Waals surface area contributed by atoms with E-state index in [9.17, 15) is 4.79 Å². The first-order valence-corrected chi connectivity index (χ1v) is 7.84. The van der Waals surface area contributed by atoms with E-state index in [-0.39, 0.29) is 5.91 Å². The second-order valence-corrected chi connectivity index (χ2v) is 5.76. The van der Waals surface area contributed by atoms with E-state index in [1.54, 1.807) is 11.3 Å². The van der Waals surface area contributed by atoms with Crippen LogP contribution in [0.2, 0.25) is 0 Å². The minimum absolute atomic E-state index is 0.194. The average Bonchev–Trinajstić information content (AvgIpc) is 2.82. The number of aromatic nitrogens is 1. The first-order chi connectivity index (χ1) is 9.63. The van der Waals surface area contributed by atoms with Crippen molar-refractivity contribution in [1.82, 2.24) is 9.88 Å². The molecule has 2 rings (SSSR count). The number of amides is 1.